The number of aryl methyl sites for hydroxylation is 2. The van der Waals surface area contributed by atoms with Gasteiger partial charge in [-0.15, -0.1) is 0 Å². The summed E-state index contributed by atoms with van der Waals surface area (Å²) in [7, 11) is -4.16. The van der Waals surface area contributed by atoms with Gasteiger partial charge in [-0.3, -0.25) is 13.9 Å². The molecule has 0 spiro atoms. The molecule has 0 saturated carbocycles. The first kappa shape index (κ1) is 31.3. The molecule has 2 amide bonds. The van der Waals surface area contributed by atoms with Crippen molar-refractivity contribution < 1.29 is 22.7 Å². The summed E-state index contributed by atoms with van der Waals surface area (Å²) in [6, 6.07) is 29.1. The van der Waals surface area contributed by atoms with Crippen molar-refractivity contribution in [2.75, 3.05) is 17.4 Å². The molecule has 224 valence electrons. The Kier molecular flexibility index (Phi) is 10.2. The average Bonchev–Trinajstić information content (AvgIpc) is 3.00. The van der Waals surface area contributed by atoms with Crippen LogP contribution in [0.4, 0.5) is 5.69 Å². The minimum absolute atomic E-state index is 0.0531. The summed E-state index contributed by atoms with van der Waals surface area (Å²) in [5, 5.41) is 2.77. The molecular weight excluding hydrogens is 562 g/mol. The standard InChI is InChI=1S/C34H37N3O5S/c1-5-35-34(39)27(4)36(23-28-15-11-25(2)12-16-28)33(38)24-37(43(40,41)32-21-13-26(3)14-22-32)29-17-19-31(20-18-29)42-30-9-7-6-8-10-30/h6-22,27H,5,23-24H2,1-4H3,(H,35,39). The molecule has 0 fully saturated rings. The van der Waals surface area contributed by atoms with Crippen molar-refractivity contribution in [2.24, 2.45) is 0 Å². The Balaban J connectivity index is 1.70. The lowest BCUT2D eigenvalue weighted by atomic mass is 10.1. The number of carbonyl (C=O) groups excluding carboxylic acids is 2. The van der Waals surface area contributed by atoms with E-state index in [-0.39, 0.29) is 23.0 Å². The maximum atomic E-state index is 14.0. The van der Waals surface area contributed by atoms with Crippen molar-refractivity contribution in [3.8, 4) is 11.5 Å². The largest absolute Gasteiger partial charge is 0.457 e. The smallest absolute Gasteiger partial charge is 0.264 e. The van der Waals surface area contributed by atoms with Gasteiger partial charge >= 0.3 is 0 Å². The number of rotatable bonds is 12. The maximum absolute atomic E-state index is 14.0. The van der Waals surface area contributed by atoms with Crippen LogP contribution in [-0.2, 0) is 26.2 Å². The normalized spacial score (nSPS) is 11.8. The predicted molar refractivity (Wildman–Crippen MR) is 169 cm³/mol. The summed E-state index contributed by atoms with van der Waals surface area (Å²) in [6.07, 6.45) is 0. The predicted octanol–water partition coefficient (Wildman–Crippen LogP) is 5.84. The lowest BCUT2D eigenvalue weighted by molar-refractivity contribution is -0.139. The van der Waals surface area contributed by atoms with E-state index in [9.17, 15) is 18.0 Å². The fourth-order valence-corrected chi connectivity index (χ4v) is 5.88. The Hall–Kier alpha value is -4.63. The third-order valence-corrected chi connectivity index (χ3v) is 8.77. The van der Waals surface area contributed by atoms with E-state index in [1.807, 2.05) is 68.4 Å². The maximum Gasteiger partial charge on any atom is 0.264 e. The van der Waals surface area contributed by atoms with E-state index in [1.54, 1.807) is 50.2 Å². The zero-order chi connectivity index (χ0) is 31.0. The summed E-state index contributed by atoms with van der Waals surface area (Å²) in [5.74, 6) is 0.318. The first-order chi connectivity index (χ1) is 20.6. The van der Waals surface area contributed by atoms with Crippen LogP contribution < -0.4 is 14.4 Å². The molecule has 0 aliphatic carbocycles. The van der Waals surface area contributed by atoms with Gasteiger partial charge in [0.15, 0.2) is 0 Å². The van der Waals surface area contributed by atoms with Crippen LogP contribution in [0.1, 0.15) is 30.5 Å². The topological polar surface area (TPSA) is 96.0 Å². The summed E-state index contributed by atoms with van der Waals surface area (Å²) in [5.41, 5.74) is 3.08. The zero-order valence-electron chi connectivity index (χ0n) is 24.9. The summed E-state index contributed by atoms with van der Waals surface area (Å²) < 4.78 is 35.0. The van der Waals surface area contributed by atoms with Crippen LogP contribution >= 0.6 is 0 Å². The Morgan fingerprint density at radius 2 is 1.35 bits per heavy atom. The molecule has 0 radical (unpaired) electrons. The van der Waals surface area contributed by atoms with Crippen LogP contribution in [0.15, 0.2) is 108 Å². The first-order valence-corrected chi connectivity index (χ1v) is 15.6. The lowest BCUT2D eigenvalue weighted by Crippen LogP contribution is -2.51. The molecule has 0 bridgehead atoms. The molecule has 8 nitrogen and oxygen atoms in total. The van der Waals surface area contributed by atoms with E-state index < -0.39 is 28.5 Å². The molecule has 4 aromatic rings. The van der Waals surface area contributed by atoms with Gasteiger partial charge in [0, 0.05) is 13.1 Å². The Morgan fingerprint density at radius 3 is 1.93 bits per heavy atom. The van der Waals surface area contributed by atoms with E-state index in [0.29, 0.717) is 18.0 Å². The van der Waals surface area contributed by atoms with Crippen molar-refractivity contribution >= 4 is 27.5 Å². The van der Waals surface area contributed by atoms with Crippen molar-refractivity contribution in [2.45, 2.75) is 45.2 Å². The van der Waals surface area contributed by atoms with E-state index in [2.05, 4.69) is 5.32 Å². The Morgan fingerprint density at radius 1 is 0.791 bits per heavy atom. The molecule has 0 aliphatic rings. The molecular formula is C34H37N3O5S. The average molecular weight is 600 g/mol. The minimum Gasteiger partial charge on any atom is -0.457 e. The van der Waals surface area contributed by atoms with Crippen LogP contribution in [0.3, 0.4) is 0 Å². The quantitative estimate of drug-likeness (QED) is 0.221. The second-order valence-corrected chi connectivity index (χ2v) is 12.2. The number of ether oxygens (including phenoxy) is 1. The second kappa shape index (κ2) is 14.0. The Labute approximate surface area is 254 Å². The number of hydrogen-bond acceptors (Lipinski definition) is 5. The van der Waals surface area contributed by atoms with Crippen LogP contribution in [0.5, 0.6) is 11.5 Å². The van der Waals surface area contributed by atoms with Gasteiger partial charge in [0.05, 0.1) is 10.6 Å². The third kappa shape index (κ3) is 8.02. The van der Waals surface area contributed by atoms with Gasteiger partial charge < -0.3 is 15.0 Å². The van der Waals surface area contributed by atoms with Crippen molar-refractivity contribution in [1.82, 2.24) is 10.2 Å². The molecule has 1 unspecified atom stereocenters. The number of para-hydroxylation sites is 1. The number of hydrogen-bond donors (Lipinski definition) is 1. The van der Waals surface area contributed by atoms with Crippen molar-refractivity contribution in [3.05, 3.63) is 120 Å². The van der Waals surface area contributed by atoms with Gasteiger partial charge in [-0.2, -0.15) is 0 Å². The van der Waals surface area contributed by atoms with E-state index in [4.69, 9.17) is 4.74 Å². The summed E-state index contributed by atoms with van der Waals surface area (Å²) in [4.78, 5) is 28.3. The fraction of sp³-hybridized carbons (Fsp3) is 0.235. The van der Waals surface area contributed by atoms with E-state index in [1.165, 1.54) is 17.0 Å². The van der Waals surface area contributed by atoms with Gasteiger partial charge in [-0.1, -0.05) is 65.7 Å². The number of anilines is 1. The SMILES string of the molecule is CCNC(=O)C(C)N(Cc1ccc(C)cc1)C(=O)CN(c1ccc(Oc2ccccc2)cc1)S(=O)(=O)c1ccc(C)cc1. The van der Waals surface area contributed by atoms with Crippen LogP contribution in [0.2, 0.25) is 0 Å². The highest BCUT2D eigenvalue weighted by Gasteiger charge is 2.32. The molecule has 0 aliphatic heterocycles. The molecule has 1 atom stereocenters. The molecule has 0 aromatic heterocycles. The number of nitrogens with zero attached hydrogens (tertiary/aromatic N) is 2. The molecule has 4 rings (SSSR count). The highest BCUT2D eigenvalue weighted by atomic mass is 32.2. The molecule has 1 N–H and O–H groups in total. The zero-order valence-corrected chi connectivity index (χ0v) is 25.7. The van der Waals surface area contributed by atoms with Crippen LogP contribution in [0, 0.1) is 13.8 Å². The number of likely N-dealkylation sites (N-methyl/N-ethyl adjacent to an activating group) is 1. The Bertz CT molecular complexity index is 1620. The van der Waals surface area contributed by atoms with Gasteiger partial charge in [-0.05, 0) is 81.8 Å². The number of nitrogens with one attached hydrogen (secondary N) is 1. The van der Waals surface area contributed by atoms with Crippen molar-refractivity contribution in [3.63, 3.8) is 0 Å². The van der Waals surface area contributed by atoms with Gasteiger partial charge in [0.1, 0.15) is 24.1 Å². The van der Waals surface area contributed by atoms with Crippen LogP contribution in [-0.4, -0.2) is 44.3 Å². The van der Waals surface area contributed by atoms with Crippen LogP contribution in [0.25, 0.3) is 0 Å². The number of amides is 2. The summed E-state index contributed by atoms with van der Waals surface area (Å²) in [6.45, 7) is 7.32. The van der Waals surface area contributed by atoms with Crippen molar-refractivity contribution in [1.29, 1.82) is 0 Å². The van der Waals surface area contributed by atoms with E-state index in [0.717, 1.165) is 21.0 Å². The second-order valence-electron chi connectivity index (χ2n) is 10.3. The fourth-order valence-electron chi connectivity index (χ4n) is 4.47. The minimum atomic E-state index is -4.16. The lowest BCUT2D eigenvalue weighted by Gasteiger charge is -2.32. The molecule has 9 heteroatoms. The highest BCUT2D eigenvalue weighted by molar-refractivity contribution is 7.92. The van der Waals surface area contributed by atoms with Gasteiger partial charge in [-0.25, -0.2) is 8.42 Å². The molecule has 4 aromatic carbocycles. The third-order valence-electron chi connectivity index (χ3n) is 6.98. The number of benzene rings is 4. The molecule has 43 heavy (non-hydrogen) atoms. The van der Waals surface area contributed by atoms with Gasteiger partial charge in [0.25, 0.3) is 10.0 Å². The highest BCUT2D eigenvalue weighted by Crippen LogP contribution is 2.28. The molecule has 0 heterocycles. The monoisotopic (exact) mass is 599 g/mol. The van der Waals surface area contributed by atoms with Gasteiger partial charge in [0.2, 0.25) is 11.8 Å². The first-order valence-electron chi connectivity index (χ1n) is 14.1. The number of sulfonamides is 1. The number of carbonyl (C=O) groups is 2. The van der Waals surface area contributed by atoms with E-state index >= 15 is 0 Å². The molecule has 0 saturated heterocycles. The summed E-state index contributed by atoms with van der Waals surface area (Å²) >= 11 is 0.